The lowest BCUT2D eigenvalue weighted by Crippen LogP contribution is -2.23. The van der Waals surface area contributed by atoms with Crippen molar-refractivity contribution in [3.8, 4) is 22.8 Å². The second kappa shape index (κ2) is 9.03. The summed E-state index contributed by atoms with van der Waals surface area (Å²) in [7, 11) is 0. The Bertz CT molecular complexity index is 955. The normalized spacial score (nSPS) is 10.5. The third-order valence-electron chi connectivity index (χ3n) is 3.93. The number of hydrogen-bond acceptors (Lipinski definition) is 5. The monoisotopic (exact) mass is 384 g/mol. The van der Waals surface area contributed by atoms with Crippen LogP contribution >= 0.6 is 0 Å². The highest BCUT2D eigenvalue weighted by molar-refractivity contribution is 5.94. The minimum absolute atomic E-state index is 0.147. The molecule has 1 N–H and O–H groups in total. The second-order valence-electron chi connectivity index (χ2n) is 5.87. The summed E-state index contributed by atoms with van der Waals surface area (Å²) in [5.41, 5.74) is 1.24. The first kappa shape index (κ1) is 19.4. The predicted octanol–water partition coefficient (Wildman–Crippen LogP) is 4.21. The van der Waals surface area contributed by atoms with Gasteiger partial charge in [-0.15, -0.1) is 0 Å². The molecule has 0 saturated heterocycles. The number of carbonyl (C=O) groups excluding carboxylic acids is 1. The van der Waals surface area contributed by atoms with E-state index in [0.29, 0.717) is 47.3 Å². The summed E-state index contributed by atoms with van der Waals surface area (Å²) < 4.78 is 30.1. The smallest absolute Gasteiger partial charge is 0.251 e. The Kier molecular flexibility index (Phi) is 6.26. The van der Waals surface area contributed by atoms with Crippen molar-refractivity contribution in [3.63, 3.8) is 0 Å². The van der Waals surface area contributed by atoms with Gasteiger partial charge in [0.1, 0.15) is 11.5 Å². The number of rotatable bonds is 8. The summed E-state index contributed by atoms with van der Waals surface area (Å²) in [6.45, 7) is 4.85. The van der Waals surface area contributed by atoms with Gasteiger partial charge in [-0.3, -0.25) is 4.79 Å². The van der Waals surface area contributed by atoms with E-state index < -0.39 is 5.82 Å². The lowest BCUT2D eigenvalue weighted by Gasteiger charge is -2.12. The molecule has 1 amide bonds. The van der Waals surface area contributed by atoms with Gasteiger partial charge in [0.15, 0.2) is 17.3 Å². The lowest BCUT2D eigenvalue weighted by atomic mass is 10.1. The zero-order valence-electron chi connectivity index (χ0n) is 15.7. The maximum absolute atomic E-state index is 13.8. The molecule has 0 saturated carbocycles. The zero-order valence-corrected chi connectivity index (χ0v) is 15.7. The number of nitrogens with zero attached hydrogens (tertiary/aromatic N) is 1. The first-order valence-electron chi connectivity index (χ1n) is 9.00. The van der Waals surface area contributed by atoms with Gasteiger partial charge in [0.25, 0.3) is 5.91 Å². The molecule has 28 heavy (non-hydrogen) atoms. The van der Waals surface area contributed by atoms with Gasteiger partial charge in [0, 0.05) is 11.6 Å². The number of aromatic nitrogens is 1. The van der Waals surface area contributed by atoms with E-state index >= 15 is 0 Å². The Balaban J connectivity index is 1.67. The Hall–Kier alpha value is -3.35. The van der Waals surface area contributed by atoms with E-state index in [1.807, 2.05) is 13.8 Å². The van der Waals surface area contributed by atoms with Crippen LogP contribution in [0.15, 0.2) is 53.1 Å². The molecule has 3 rings (SSSR count). The molecule has 0 aliphatic rings. The summed E-state index contributed by atoms with van der Waals surface area (Å²) in [4.78, 5) is 12.4. The van der Waals surface area contributed by atoms with Crippen LogP contribution in [0.4, 0.5) is 4.39 Å². The van der Waals surface area contributed by atoms with Gasteiger partial charge in [-0.05, 0) is 44.2 Å². The molecule has 6 nitrogen and oxygen atoms in total. The summed E-state index contributed by atoms with van der Waals surface area (Å²) in [5, 5.41) is 6.65. The van der Waals surface area contributed by atoms with Gasteiger partial charge >= 0.3 is 0 Å². The van der Waals surface area contributed by atoms with E-state index in [2.05, 4.69) is 10.5 Å². The van der Waals surface area contributed by atoms with E-state index in [1.54, 1.807) is 42.5 Å². The fourth-order valence-electron chi connectivity index (χ4n) is 2.65. The molecule has 0 fully saturated rings. The second-order valence-corrected chi connectivity index (χ2v) is 5.87. The molecule has 0 aliphatic heterocycles. The number of nitrogens with one attached hydrogen (secondary N) is 1. The van der Waals surface area contributed by atoms with Crippen molar-refractivity contribution in [1.29, 1.82) is 0 Å². The summed E-state index contributed by atoms with van der Waals surface area (Å²) in [6, 6.07) is 12.9. The van der Waals surface area contributed by atoms with Crippen molar-refractivity contribution in [2.75, 3.05) is 13.2 Å². The fourth-order valence-corrected chi connectivity index (χ4v) is 2.65. The first-order chi connectivity index (χ1) is 13.6. The molecule has 2 aromatic carbocycles. The van der Waals surface area contributed by atoms with Gasteiger partial charge in [-0.25, -0.2) is 4.39 Å². The molecule has 1 aromatic heterocycles. The summed E-state index contributed by atoms with van der Waals surface area (Å²) in [6.07, 6.45) is 0. The number of carbonyl (C=O) groups is 1. The van der Waals surface area contributed by atoms with Crippen LogP contribution in [0.25, 0.3) is 11.3 Å². The highest BCUT2D eigenvalue weighted by Gasteiger charge is 2.14. The molecule has 0 atom stereocenters. The molecule has 1 heterocycles. The highest BCUT2D eigenvalue weighted by Crippen LogP contribution is 2.28. The average Bonchev–Trinajstić information content (AvgIpc) is 3.17. The van der Waals surface area contributed by atoms with E-state index in [9.17, 15) is 9.18 Å². The quantitative estimate of drug-likeness (QED) is 0.630. The molecule has 0 radical (unpaired) electrons. The van der Waals surface area contributed by atoms with Gasteiger partial charge in [-0.1, -0.05) is 17.3 Å². The molecule has 0 spiro atoms. The molecule has 0 bridgehead atoms. The van der Waals surface area contributed by atoms with E-state index in [1.165, 1.54) is 6.07 Å². The number of amides is 1. The largest absolute Gasteiger partial charge is 0.490 e. The van der Waals surface area contributed by atoms with Crippen molar-refractivity contribution in [2.24, 2.45) is 0 Å². The van der Waals surface area contributed by atoms with Gasteiger partial charge in [-0.2, -0.15) is 0 Å². The Labute approximate surface area is 162 Å². The lowest BCUT2D eigenvalue weighted by molar-refractivity contribution is 0.0949. The number of halogens is 1. The minimum atomic E-state index is -0.396. The van der Waals surface area contributed by atoms with Gasteiger partial charge < -0.3 is 19.3 Å². The fraction of sp³-hybridized carbons (Fsp3) is 0.238. The Morgan fingerprint density at radius 1 is 1.07 bits per heavy atom. The molecule has 7 heteroatoms. The van der Waals surface area contributed by atoms with E-state index in [-0.39, 0.29) is 12.5 Å². The van der Waals surface area contributed by atoms with Crippen LogP contribution in [-0.2, 0) is 6.54 Å². The molecular formula is C21H21FN2O4. The molecule has 0 unspecified atom stereocenters. The zero-order chi connectivity index (χ0) is 19.9. The highest BCUT2D eigenvalue weighted by atomic mass is 19.1. The van der Waals surface area contributed by atoms with Crippen LogP contribution in [0, 0.1) is 5.82 Å². The standard InChI is InChI=1S/C21H21FN2O4/c1-3-26-18-10-9-14(11-20(18)27-4-2)21(25)23-13-15-12-19(28-24-15)16-7-5-6-8-17(16)22/h5-12H,3-4,13H2,1-2H3,(H,23,25). The van der Waals surface area contributed by atoms with Crippen molar-refractivity contribution < 1.29 is 23.2 Å². The topological polar surface area (TPSA) is 73.6 Å². The Morgan fingerprint density at radius 2 is 1.82 bits per heavy atom. The maximum Gasteiger partial charge on any atom is 0.251 e. The van der Waals surface area contributed by atoms with Crippen molar-refractivity contribution >= 4 is 5.91 Å². The molecule has 3 aromatic rings. The number of benzene rings is 2. The van der Waals surface area contributed by atoms with E-state index in [0.717, 1.165) is 0 Å². The van der Waals surface area contributed by atoms with Crippen LogP contribution in [0.2, 0.25) is 0 Å². The average molecular weight is 384 g/mol. The molecule has 0 aliphatic carbocycles. The van der Waals surface area contributed by atoms with Crippen molar-refractivity contribution in [1.82, 2.24) is 10.5 Å². The number of hydrogen-bond donors (Lipinski definition) is 1. The first-order valence-corrected chi connectivity index (χ1v) is 9.00. The molecule has 146 valence electrons. The van der Waals surface area contributed by atoms with Gasteiger partial charge in [0.05, 0.1) is 25.3 Å². The van der Waals surface area contributed by atoms with Crippen LogP contribution in [-0.4, -0.2) is 24.3 Å². The third-order valence-corrected chi connectivity index (χ3v) is 3.93. The minimum Gasteiger partial charge on any atom is -0.490 e. The molecular weight excluding hydrogens is 363 g/mol. The van der Waals surface area contributed by atoms with Crippen LogP contribution in [0.1, 0.15) is 29.9 Å². The maximum atomic E-state index is 13.8. The predicted molar refractivity (Wildman–Crippen MR) is 102 cm³/mol. The van der Waals surface area contributed by atoms with Crippen LogP contribution < -0.4 is 14.8 Å². The Morgan fingerprint density at radius 3 is 2.57 bits per heavy atom. The SMILES string of the molecule is CCOc1ccc(C(=O)NCc2cc(-c3ccccc3F)on2)cc1OCC. The summed E-state index contributed by atoms with van der Waals surface area (Å²) >= 11 is 0. The number of ether oxygens (including phenoxy) is 2. The van der Waals surface area contributed by atoms with Crippen LogP contribution in [0.3, 0.4) is 0 Å². The van der Waals surface area contributed by atoms with Crippen molar-refractivity contribution in [2.45, 2.75) is 20.4 Å². The van der Waals surface area contributed by atoms with Crippen molar-refractivity contribution in [3.05, 3.63) is 65.6 Å². The van der Waals surface area contributed by atoms with Gasteiger partial charge in [0.2, 0.25) is 0 Å². The van der Waals surface area contributed by atoms with E-state index in [4.69, 9.17) is 14.0 Å². The summed E-state index contributed by atoms with van der Waals surface area (Å²) in [5.74, 6) is 0.723. The third kappa shape index (κ3) is 4.49. The van der Waals surface area contributed by atoms with Crippen LogP contribution in [0.5, 0.6) is 11.5 Å².